The monoisotopic (exact) mass is 236 g/mol. The van der Waals surface area contributed by atoms with Crippen LogP contribution in [-0.4, -0.2) is 27.1 Å². The van der Waals surface area contributed by atoms with Crippen molar-refractivity contribution in [2.45, 2.75) is 18.8 Å². The molecule has 1 aromatic rings. The van der Waals surface area contributed by atoms with E-state index in [-0.39, 0.29) is 18.3 Å². The van der Waals surface area contributed by atoms with Crippen molar-refractivity contribution in [3.8, 4) is 11.5 Å². The normalized spacial score (nSPS) is 30.4. The average Bonchev–Trinajstić information content (AvgIpc) is 2.82. The van der Waals surface area contributed by atoms with Gasteiger partial charge in [-0.1, -0.05) is 12.1 Å². The molecule has 0 unspecified atom stereocenters. The van der Waals surface area contributed by atoms with E-state index < -0.39 is 0 Å². The Morgan fingerprint density at radius 3 is 2.94 bits per heavy atom. The van der Waals surface area contributed by atoms with Gasteiger partial charge in [0.1, 0.15) is 0 Å². The molecule has 92 valence electrons. The average molecular weight is 236 g/mol. The third-order valence-corrected chi connectivity index (χ3v) is 3.50. The molecule has 0 amide bonds. The molecular weight excluding hydrogens is 220 g/mol. The van der Waals surface area contributed by atoms with Gasteiger partial charge in [0.15, 0.2) is 11.5 Å². The van der Waals surface area contributed by atoms with Crippen molar-refractivity contribution >= 4 is 0 Å². The van der Waals surface area contributed by atoms with Crippen molar-refractivity contribution in [2.24, 2.45) is 5.92 Å². The van der Waals surface area contributed by atoms with E-state index in [9.17, 15) is 0 Å². The summed E-state index contributed by atoms with van der Waals surface area (Å²) < 4.78 is 22.4. The zero-order valence-corrected chi connectivity index (χ0v) is 10.0. The molecule has 3 rings (SSSR count). The molecule has 17 heavy (non-hydrogen) atoms. The highest BCUT2D eigenvalue weighted by Crippen LogP contribution is 2.48. The molecule has 2 aliphatic rings. The first-order chi connectivity index (χ1) is 8.35. The Morgan fingerprint density at radius 2 is 2.18 bits per heavy atom. The minimum Gasteiger partial charge on any atom is -0.493 e. The Labute approximate surface area is 100 Å². The molecule has 0 saturated carbocycles. The Morgan fingerprint density at radius 1 is 1.29 bits per heavy atom. The topological polar surface area (TPSA) is 36.9 Å². The summed E-state index contributed by atoms with van der Waals surface area (Å²) in [5, 5.41) is 0. The first-order valence-electron chi connectivity index (χ1n) is 5.83. The van der Waals surface area contributed by atoms with Crippen LogP contribution in [0.25, 0.3) is 0 Å². The van der Waals surface area contributed by atoms with Crippen molar-refractivity contribution in [3.05, 3.63) is 23.8 Å². The zero-order valence-electron chi connectivity index (χ0n) is 10.0. The Bertz CT molecular complexity index is 418. The van der Waals surface area contributed by atoms with Crippen LogP contribution in [0.15, 0.2) is 18.2 Å². The van der Waals surface area contributed by atoms with Crippen LogP contribution >= 0.6 is 0 Å². The molecule has 1 fully saturated rings. The van der Waals surface area contributed by atoms with Gasteiger partial charge in [0.2, 0.25) is 6.29 Å². The van der Waals surface area contributed by atoms with Gasteiger partial charge in [0, 0.05) is 12.7 Å². The second-order valence-corrected chi connectivity index (χ2v) is 4.34. The van der Waals surface area contributed by atoms with Gasteiger partial charge in [-0.25, -0.2) is 0 Å². The largest absolute Gasteiger partial charge is 0.493 e. The SMILES string of the molecule is COc1cccc2c1O[C@@H]1OCC[C@@H]1[C@@H]2OC. The number of methoxy groups -OCH3 is 2. The second kappa shape index (κ2) is 4.20. The van der Waals surface area contributed by atoms with Gasteiger partial charge in [-0.15, -0.1) is 0 Å². The fraction of sp³-hybridized carbons (Fsp3) is 0.538. The number of benzene rings is 1. The molecule has 0 N–H and O–H groups in total. The van der Waals surface area contributed by atoms with E-state index in [2.05, 4.69) is 0 Å². The van der Waals surface area contributed by atoms with Crippen molar-refractivity contribution in [1.29, 1.82) is 0 Å². The van der Waals surface area contributed by atoms with Crippen LogP contribution in [0.1, 0.15) is 18.1 Å². The molecule has 0 spiro atoms. The van der Waals surface area contributed by atoms with E-state index in [0.29, 0.717) is 0 Å². The number of para-hydroxylation sites is 1. The van der Waals surface area contributed by atoms with Crippen LogP contribution < -0.4 is 9.47 Å². The minimum absolute atomic E-state index is 0.0290. The third kappa shape index (κ3) is 1.59. The molecule has 0 aromatic heterocycles. The Hall–Kier alpha value is -1.26. The van der Waals surface area contributed by atoms with Crippen molar-refractivity contribution in [1.82, 2.24) is 0 Å². The van der Waals surface area contributed by atoms with E-state index in [4.69, 9.17) is 18.9 Å². The predicted molar refractivity (Wildman–Crippen MR) is 61.2 cm³/mol. The highest BCUT2D eigenvalue weighted by atomic mass is 16.7. The summed E-state index contributed by atoms with van der Waals surface area (Å²) in [5.41, 5.74) is 1.05. The molecule has 1 aromatic carbocycles. The number of ether oxygens (including phenoxy) is 4. The maximum Gasteiger partial charge on any atom is 0.205 e. The summed E-state index contributed by atoms with van der Waals surface area (Å²) in [4.78, 5) is 0. The Balaban J connectivity index is 2.07. The maximum absolute atomic E-state index is 5.88. The molecule has 3 atom stereocenters. The fourth-order valence-corrected chi connectivity index (χ4v) is 2.69. The van der Waals surface area contributed by atoms with Gasteiger partial charge in [0.05, 0.1) is 25.7 Å². The quantitative estimate of drug-likeness (QED) is 0.788. The van der Waals surface area contributed by atoms with E-state index >= 15 is 0 Å². The lowest BCUT2D eigenvalue weighted by molar-refractivity contribution is -0.113. The van der Waals surface area contributed by atoms with Crippen LogP contribution in [-0.2, 0) is 9.47 Å². The molecule has 1 saturated heterocycles. The van der Waals surface area contributed by atoms with Crippen LogP contribution in [0.2, 0.25) is 0 Å². The van der Waals surface area contributed by atoms with Gasteiger partial charge in [-0.05, 0) is 12.5 Å². The molecule has 4 nitrogen and oxygen atoms in total. The molecule has 2 heterocycles. The smallest absolute Gasteiger partial charge is 0.205 e. The summed E-state index contributed by atoms with van der Waals surface area (Å²) >= 11 is 0. The van der Waals surface area contributed by atoms with E-state index in [1.165, 1.54) is 0 Å². The zero-order chi connectivity index (χ0) is 11.8. The summed E-state index contributed by atoms with van der Waals surface area (Å²) in [6.45, 7) is 0.728. The van der Waals surface area contributed by atoms with Crippen molar-refractivity contribution < 1.29 is 18.9 Å². The molecule has 0 bridgehead atoms. The lowest BCUT2D eigenvalue weighted by Crippen LogP contribution is -2.34. The lowest BCUT2D eigenvalue weighted by atomic mass is 9.90. The van der Waals surface area contributed by atoms with E-state index in [0.717, 1.165) is 30.1 Å². The number of hydrogen-bond donors (Lipinski definition) is 0. The third-order valence-electron chi connectivity index (χ3n) is 3.50. The predicted octanol–water partition coefficient (Wildman–Crippen LogP) is 2.14. The molecule has 2 aliphatic heterocycles. The van der Waals surface area contributed by atoms with Gasteiger partial charge in [-0.2, -0.15) is 0 Å². The Kier molecular flexibility index (Phi) is 2.68. The molecular formula is C13H16O4. The van der Waals surface area contributed by atoms with Gasteiger partial charge >= 0.3 is 0 Å². The summed E-state index contributed by atoms with van der Waals surface area (Å²) in [6, 6.07) is 5.88. The summed E-state index contributed by atoms with van der Waals surface area (Å²) in [6.07, 6.45) is 0.796. The highest BCUT2D eigenvalue weighted by Gasteiger charge is 2.43. The van der Waals surface area contributed by atoms with Gasteiger partial charge in [0.25, 0.3) is 0 Å². The van der Waals surface area contributed by atoms with Crippen LogP contribution in [0, 0.1) is 5.92 Å². The number of rotatable bonds is 2. The van der Waals surface area contributed by atoms with Crippen LogP contribution in [0.5, 0.6) is 11.5 Å². The highest BCUT2D eigenvalue weighted by molar-refractivity contribution is 5.49. The molecule has 0 aliphatic carbocycles. The summed E-state index contributed by atoms with van der Waals surface area (Å²) in [5.74, 6) is 1.77. The maximum atomic E-state index is 5.88. The van der Waals surface area contributed by atoms with E-state index in [1.807, 2.05) is 18.2 Å². The van der Waals surface area contributed by atoms with Gasteiger partial charge in [-0.3, -0.25) is 0 Å². The van der Waals surface area contributed by atoms with Crippen molar-refractivity contribution in [3.63, 3.8) is 0 Å². The number of fused-ring (bicyclic) bond motifs is 2. The molecule has 4 heteroatoms. The standard InChI is InChI=1S/C13H16O4/c1-14-10-5-3-4-8-11(15-2)9-6-7-16-13(9)17-12(8)10/h3-5,9,11,13H,6-7H2,1-2H3/t9-,11-,13+/m1/s1. The van der Waals surface area contributed by atoms with Gasteiger partial charge < -0.3 is 18.9 Å². The fourth-order valence-electron chi connectivity index (χ4n) is 2.69. The number of hydrogen-bond acceptors (Lipinski definition) is 4. The van der Waals surface area contributed by atoms with E-state index in [1.54, 1.807) is 14.2 Å². The van der Waals surface area contributed by atoms with Crippen LogP contribution in [0.3, 0.4) is 0 Å². The minimum atomic E-state index is -0.205. The summed E-state index contributed by atoms with van der Waals surface area (Å²) in [7, 11) is 3.37. The second-order valence-electron chi connectivity index (χ2n) is 4.34. The van der Waals surface area contributed by atoms with Crippen LogP contribution in [0.4, 0.5) is 0 Å². The first kappa shape index (κ1) is 10.9. The molecule has 0 radical (unpaired) electrons. The first-order valence-corrected chi connectivity index (χ1v) is 5.83. The lowest BCUT2D eigenvalue weighted by Gasteiger charge is -2.34. The van der Waals surface area contributed by atoms with Crippen molar-refractivity contribution in [2.75, 3.05) is 20.8 Å².